The molecule has 8 aromatic rings. The molecule has 3 aromatic heterocycles. The van der Waals surface area contributed by atoms with Crippen molar-refractivity contribution in [3.63, 3.8) is 0 Å². The quantitative estimate of drug-likeness (QED) is 0.163. The van der Waals surface area contributed by atoms with Gasteiger partial charge in [0.15, 0.2) is 0 Å². The number of benzene rings is 5. The molecule has 0 radical (unpaired) electrons. The Labute approximate surface area is 251 Å². The van der Waals surface area contributed by atoms with Gasteiger partial charge in [-0.2, -0.15) is 0 Å². The van der Waals surface area contributed by atoms with Gasteiger partial charge in [-0.25, -0.2) is 0 Å². The Morgan fingerprint density at radius 2 is 1.28 bits per heavy atom. The van der Waals surface area contributed by atoms with E-state index < -0.39 is 0 Å². The van der Waals surface area contributed by atoms with Crippen LogP contribution in [-0.2, 0) is 0 Å². The summed E-state index contributed by atoms with van der Waals surface area (Å²) >= 11 is 1.82. The van der Waals surface area contributed by atoms with Gasteiger partial charge in [-0.15, -0.1) is 11.3 Å². The second-order valence-corrected chi connectivity index (χ2v) is 11.5. The number of thiophene rings is 1. The van der Waals surface area contributed by atoms with E-state index in [-0.39, 0.29) is 11.7 Å². The van der Waals surface area contributed by atoms with Gasteiger partial charge in [0, 0.05) is 54.3 Å². The Morgan fingerprint density at radius 1 is 0.605 bits per heavy atom. The van der Waals surface area contributed by atoms with Crippen molar-refractivity contribution in [2.75, 3.05) is 4.90 Å². The molecule has 5 nitrogen and oxygen atoms in total. The first-order valence-electron chi connectivity index (χ1n) is 14.1. The lowest BCUT2D eigenvalue weighted by atomic mass is 10.1. The molecule has 8 rings (SSSR count). The molecule has 43 heavy (non-hydrogen) atoms. The second-order valence-electron chi connectivity index (χ2n) is 10.4. The molecule has 0 saturated carbocycles. The molecule has 0 unspecified atom stereocenters. The van der Waals surface area contributed by atoms with E-state index in [1.165, 1.54) is 20.2 Å². The largest absolute Gasteiger partial charge is 0.308 e. The van der Waals surface area contributed by atoms with Gasteiger partial charge in [0.1, 0.15) is 11.7 Å². The van der Waals surface area contributed by atoms with Gasteiger partial charge in [0.25, 0.3) is 0 Å². The number of nitrogens with one attached hydrogen (secondary N) is 2. The standard InChI is InChI=1S/C37H25N5S/c38-36(24-10-3-1-4-11-24)42(26-12-5-2-6-13-26)37(39)25-17-19-27(20-18-25)41-30-22-21-29-28-14-7-8-16-32(28)43-35(29)33(30)34-31(41)15-9-23-40-34/h1-23,38-39H. The van der Waals surface area contributed by atoms with Crippen molar-refractivity contribution < 1.29 is 0 Å². The maximum atomic E-state index is 9.22. The zero-order valence-corrected chi connectivity index (χ0v) is 23.8. The molecule has 2 N–H and O–H groups in total. The highest BCUT2D eigenvalue weighted by atomic mass is 32.1. The van der Waals surface area contributed by atoms with Gasteiger partial charge in [-0.05, 0) is 60.7 Å². The Kier molecular flexibility index (Phi) is 5.88. The number of pyridine rings is 1. The third-order valence-corrected chi connectivity index (χ3v) is 9.14. The maximum absolute atomic E-state index is 9.22. The Bertz CT molecular complexity index is 2320. The molecule has 0 bridgehead atoms. The summed E-state index contributed by atoms with van der Waals surface area (Å²) in [6.07, 6.45) is 1.86. The van der Waals surface area contributed by atoms with E-state index in [2.05, 4.69) is 59.2 Å². The Hall–Kier alpha value is -5.59. The van der Waals surface area contributed by atoms with E-state index in [9.17, 15) is 5.41 Å². The minimum atomic E-state index is 0.238. The van der Waals surface area contributed by atoms with Crippen molar-refractivity contribution in [1.29, 1.82) is 10.8 Å². The number of hydrogen-bond donors (Lipinski definition) is 2. The molecule has 5 aromatic carbocycles. The van der Waals surface area contributed by atoms with Crippen LogP contribution in [0.2, 0.25) is 0 Å². The summed E-state index contributed by atoms with van der Waals surface area (Å²) < 4.78 is 4.78. The molecule has 0 aliphatic carbocycles. The predicted molar refractivity (Wildman–Crippen MR) is 180 cm³/mol. The van der Waals surface area contributed by atoms with Crippen LogP contribution in [-0.4, -0.2) is 21.2 Å². The van der Waals surface area contributed by atoms with Crippen molar-refractivity contribution in [2.45, 2.75) is 0 Å². The van der Waals surface area contributed by atoms with Crippen molar-refractivity contribution >= 4 is 70.8 Å². The van der Waals surface area contributed by atoms with Crippen LogP contribution in [0.25, 0.3) is 47.8 Å². The third-order valence-electron chi connectivity index (χ3n) is 7.94. The number of anilines is 1. The molecule has 0 amide bonds. The van der Waals surface area contributed by atoms with Crippen LogP contribution < -0.4 is 4.90 Å². The fourth-order valence-electron chi connectivity index (χ4n) is 5.94. The molecule has 204 valence electrons. The van der Waals surface area contributed by atoms with Gasteiger partial charge in [-0.3, -0.25) is 20.7 Å². The van der Waals surface area contributed by atoms with Gasteiger partial charge >= 0.3 is 0 Å². The van der Waals surface area contributed by atoms with E-state index in [4.69, 9.17) is 10.4 Å². The van der Waals surface area contributed by atoms with Crippen LogP contribution in [0.5, 0.6) is 0 Å². The first-order valence-corrected chi connectivity index (χ1v) is 14.9. The van der Waals surface area contributed by atoms with Crippen LogP contribution in [0.1, 0.15) is 11.1 Å². The van der Waals surface area contributed by atoms with Crippen LogP contribution in [0.15, 0.2) is 140 Å². The number of hydrogen-bond acceptors (Lipinski definition) is 4. The molecule has 3 heterocycles. The van der Waals surface area contributed by atoms with Crippen LogP contribution in [0.3, 0.4) is 0 Å². The monoisotopic (exact) mass is 571 g/mol. The van der Waals surface area contributed by atoms with Crippen molar-refractivity contribution in [1.82, 2.24) is 9.55 Å². The summed E-state index contributed by atoms with van der Waals surface area (Å²) in [7, 11) is 0. The lowest BCUT2D eigenvalue weighted by Gasteiger charge is -2.26. The topological polar surface area (TPSA) is 68.8 Å². The third kappa shape index (κ3) is 4.03. The molecule has 0 saturated heterocycles. The highest BCUT2D eigenvalue weighted by Crippen LogP contribution is 2.42. The summed E-state index contributed by atoms with van der Waals surface area (Å²) in [5.74, 6) is 0.490. The number of para-hydroxylation sites is 1. The summed E-state index contributed by atoms with van der Waals surface area (Å²) in [5, 5.41) is 21.9. The molecule has 0 atom stereocenters. The van der Waals surface area contributed by atoms with Crippen LogP contribution in [0.4, 0.5) is 5.69 Å². The fourth-order valence-corrected chi connectivity index (χ4v) is 7.19. The lowest BCUT2D eigenvalue weighted by Crippen LogP contribution is -2.37. The molecule has 0 aliphatic heterocycles. The fraction of sp³-hybridized carbons (Fsp3) is 0. The van der Waals surface area contributed by atoms with E-state index in [0.717, 1.165) is 44.4 Å². The zero-order chi connectivity index (χ0) is 28.9. The number of nitrogens with zero attached hydrogens (tertiary/aromatic N) is 3. The van der Waals surface area contributed by atoms with Gasteiger partial charge < -0.3 is 4.57 Å². The molecule has 0 fully saturated rings. The zero-order valence-electron chi connectivity index (χ0n) is 23.0. The van der Waals surface area contributed by atoms with Crippen LogP contribution >= 0.6 is 11.3 Å². The average molecular weight is 572 g/mol. The summed E-state index contributed by atoms with van der Waals surface area (Å²) in [5.41, 5.74) is 6.37. The summed E-state index contributed by atoms with van der Waals surface area (Å²) in [6, 6.07) is 44.4. The highest BCUT2D eigenvalue weighted by Gasteiger charge is 2.22. The first kappa shape index (κ1) is 25.1. The smallest absolute Gasteiger partial charge is 0.138 e. The molecular formula is C37H25N5S. The minimum absolute atomic E-state index is 0.238. The second kappa shape index (κ2) is 10.0. The first-order chi connectivity index (χ1) is 21.2. The van der Waals surface area contributed by atoms with E-state index >= 15 is 0 Å². The van der Waals surface area contributed by atoms with Crippen molar-refractivity contribution in [2.24, 2.45) is 0 Å². The number of aromatic nitrogens is 2. The molecule has 0 spiro atoms. The lowest BCUT2D eigenvalue weighted by molar-refractivity contribution is 1.17. The normalized spacial score (nSPS) is 11.4. The summed E-state index contributed by atoms with van der Waals surface area (Å²) in [6.45, 7) is 0. The molecule has 0 aliphatic rings. The number of fused-ring (bicyclic) bond motifs is 7. The van der Waals surface area contributed by atoms with Gasteiger partial charge in [0.2, 0.25) is 0 Å². The number of amidine groups is 2. The molecule has 6 heteroatoms. The van der Waals surface area contributed by atoms with Gasteiger partial charge in [0.05, 0.1) is 16.6 Å². The average Bonchev–Trinajstić information content (AvgIpc) is 3.61. The summed E-state index contributed by atoms with van der Waals surface area (Å²) in [4.78, 5) is 6.54. The van der Waals surface area contributed by atoms with Crippen LogP contribution in [0, 0.1) is 10.8 Å². The van der Waals surface area contributed by atoms with E-state index in [0.29, 0.717) is 0 Å². The Balaban J connectivity index is 1.25. The van der Waals surface area contributed by atoms with Crippen molar-refractivity contribution in [3.8, 4) is 5.69 Å². The highest BCUT2D eigenvalue weighted by molar-refractivity contribution is 7.26. The minimum Gasteiger partial charge on any atom is -0.308 e. The Morgan fingerprint density at radius 3 is 2.05 bits per heavy atom. The van der Waals surface area contributed by atoms with E-state index in [1.54, 1.807) is 4.90 Å². The predicted octanol–water partition coefficient (Wildman–Crippen LogP) is 9.40. The number of rotatable bonds is 4. The van der Waals surface area contributed by atoms with E-state index in [1.807, 2.05) is 96.4 Å². The SMILES string of the molecule is N=C(c1ccccc1)N(C(=N)c1ccc(-n2c3cccnc3c3c4sc5ccccc5c4ccc32)cc1)c1ccccc1. The maximum Gasteiger partial charge on any atom is 0.138 e. The van der Waals surface area contributed by atoms with Gasteiger partial charge in [-0.1, -0.05) is 72.8 Å². The van der Waals surface area contributed by atoms with Crippen molar-refractivity contribution in [3.05, 3.63) is 151 Å². The molecular weight excluding hydrogens is 547 g/mol.